The normalized spacial score (nSPS) is 22.6. The topological polar surface area (TPSA) is 108 Å². The molecule has 8 nitrogen and oxygen atoms in total. The lowest BCUT2D eigenvalue weighted by molar-refractivity contribution is 0.0470. The average molecular weight is 285 g/mol. The molecule has 0 bridgehead atoms. The average Bonchev–Trinajstić information content (AvgIpc) is 2.28. The summed E-state index contributed by atoms with van der Waals surface area (Å²) in [6.07, 6.45) is 0.0836. The Hall–Kier alpha value is -2.08. The van der Waals surface area contributed by atoms with Gasteiger partial charge in [-0.25, -0.2) is 14.4 Å². The molecule has 20 heavy (non-hydrogen) atoms. The van der Waals surface area contributed by atoms with Gasteiger partial charge in [0.25, 0.3) is 0 Å². The second kappa shape index (κ2) is 6.38. The number of rotatable bonds is 2. The molecule has 112 valence electrons. The van der Waals surface area contributed by atoms with Crippen molar-refractivity contribution < 1.29 is 24.2 Å². The van der Waals surface area contributed by atoms with Crippen molar-refractivity contribution in [3.8, 4) is 0 Å². The van der Waals surface area contributed by atoms with Crippen LogP contribution in [0.15, 0.2) is 4.99 Å². The maximum atomic E-state index is 11.7. The number of hydrogen-bond donors (Lipinski definition) is 2. The molecule has 2 unspecified atom stereocenters. The van der Waals surface area contributed by atoms with E-state index in [0.717, 1.165) is 4.90 Å². The van der Waals surface area contributed by atoms with E-state index in [1.54, 1.807) is 20.8 Å². The zero-order valence-electron chi connectivity index (χ0n) is 11.8. The molecular weight excluding hydrogens is 266 g/mol. The molecule has 2 atom stereocenters. The quantitative estimate of drug-likeness (QED) is 0.580. The zero-order valence-corrected chi connectivity index (χ0v) is 11.8. The van der Waals surface area contributed by atoms with Crippen molar-refractivity contribution in [2.75, 3.05) is 13.1 Å². The van der Waals surface area contributed by atoms with Gasteiger partial charge < -0.3 is 20.1 Å². The van der Waals surface area contributed by atoms with E-state index in [-0.39, 0.29) is 13.1 Å². The van der Waals surface area contributed by atoms with Crippen molar-refractivity contribution in [2.24, 2.45) is 4.99 Å². The minimum atomic E-state index is -1.08. The smallest absolute Gasteiger partial charge is 0.407 e. The van der Waals surface area contributed by atoms with Crippen LogP contribution in [0.1, 0.15) is 27.2 Å². The van der Waals surface area contributed by atoms with E-state index < -0.39 is 29.9 Å². The summed E-state index contributed by atoms with van der Waals surface area (Å²) in [5.74, 6) is 0. The van der Waals surface area contributed by atoms with E-state index in [0.29, 0.717) is 6.42 Å². The monoisotopic (exact) mass is 285 g/mol. The molecule has 2 amide bonds. The van der Waals surface area contributed by atoms with E-state index in [1.807, 2.05) is 0 Å². The second-order valence-corrected chi connectivity index (χ2v) is 5.56. The summed E-state index contributed by atoms with van der Waals surface area (Å²) in [5.41, 5.74) is -0.630. The number of nitrogens with zero attached hydrogens (tertiary/aromatic N) is 2. The Labute approximate surface area is 116 Å². The Kier molecular flexibility index (Phi) is 5.10. The van der Waals surface area contributed by atoms with Gasteiger partial charge in [-0.3, -0.25) is 0 Å². The molecule has 0 spiro atoms. The summed E-state index contributed by atoms with van der Waals surface area (Å²) in [4.78, 5) is 37.7. The summed E-state index contributed by atoms with van der Waals surface area (Å²) < 4.78 is 5.12. The van der Waals surface area contributed by atoms with Gasteiger partial charge >= 0.3 is 12.2 Å². The standard InChI is InChI=1S/C12H19N3O5/c1-12(2,3)20-10(17)14-8-4-5-15(11(18)19)6-9(8)13-7-16/h8-9H,4-6H2,1-3H3,(H,14,17)(H,18,19). The number of carbonyl (C=O) groups excluding carboxylic acids is 2. The van der Waals surface area contributed by atoms with Crippen LogP contribution in [0.3, 0.4) is 0 Å². The lowest BCUT2D eigenvalue weighted by Crippen LogP contribution is -2.55. The molecule has 8 heteroatoms. The Morgan fingerprint density at radius 1 is 1.45 bits per heavy atom. The SMILES string of the molecule is CC(C)(C)OC(=O)NC1CCN(C(=O)O)CC1N=C=O. The highest BCUT2D eigenvalue weighted by Gasteiger charge is 2.33. The molecule has 0 aromatic rings. The van der Waals surface area contributed by atoms with E-state index in [2.05, 4.69) is 10.3 Å². The van der Waals surface area contributed by atoms with Gasteiger partial charge in [-0.05, 0) is 27.2 Å². The number of alkyl carbamates (subject to hydrolysis) is 1. The van der Waals surface area contributed by atoms with Gasteiger partial charge in [-0.2, -0.15) is 4.99 Å². The summed E-state index contributed by atoms with van der Waals surface area (Å²) in [6, 6.07) is -1.09. The third kappa shape index (κ3) is 4.89. The molecule has 1 fully saturated rings. The van der Waals surface area contributed by atoms with E-state index >= 15 is 0 Å². The van der Waals surface area contributed by atoms with Crippen LogP contribution in [-0.2, 0) is 9.53 Å². The molecule has 0 aromatic carbocycles. The van der Waals surface area contributed by atoms with Crippen LogP contribution in [0.4, 0.5) is 9.59 Å². The molecule has 1 aliphatic rings. The van der Waals surface area contributed by atoms with Gasteiger partial charge in [0.15, 0.2) is 0 Å². The minimum Gasteiger partial charge on any atom is -0.465 e. The largest absolute Gasteiger partial charge is 0.465 e. The van der Waals surface area contributed by atoms with Crippen LogP contribution >= 0.6 is 0 Å². The fourth-order valence-electron chi connectivity index (χ4n) is 1.93. The Balaban J connectivity index is 2.66. The van der Waals surface area contributed by atoms with Crippen LogP contribution < -0.4 is 5.32 Å². The van der Waals surface area contributed by atoms with E-state index in [1.165, 1.54) is 6.08 Å². The first-order chi connectivity index (χ1) is 9.23. The number of ether oxygens (including phenoxy) is 1. The molecule has 1 saturated heterocycles. The zero-order chi connectivity index (χ0) is 15.3. The Morgan fingerprint density at radius 2 is 2.10 bits per heavy atom. The maximum absolute atomic E-state index is 11.7. The molecule has 0 aromatic heterocycles. The van der Waals surface area contributed by atoms with Crippen LogP contribution in [0.2, 0.25) is 0 Å². The van der Waals surface area contributed by atoms with Gasteiger partial charge in [0.1, 0.15) is 11.6 Å². The fourth-order valence-corrected chi connectivity index (χ4v) is 1.93. The molecule has 0 saturated carbocycles. The number of nitrogens with one attached hydrogen (secondary N) is 1. The fraction of sp³-hybridized carbons (Fsp3) is 0.750. The highest BCUT2D eigenvalue weighted by Crippen LogP contribution is 2.15. The number of likely N-dealkylation sites (tertiary alicyclic amines) is 1. The highest BCUT2D eigenvalue weighted by molar-refractivity contribution is 5.68. The molecule has 0 aliphatic carbocycles. The number of amides is 2. The summed E-state index contributed by atoms with van der Waals surface area (Å²) in [6.45, 7) is 5.52. The van der Waals surface area contributed by atoms with Crippen molar-refractivity contribution in [3.63, 3.8) is 0 Å². The third-order valence-electron chi connectivity index (χ3n) is 2.77. The number of isocyanates is 1. The van der Waals surface area contributed by atoms with E-state index in [9.17, 15) is 14.4 Å². The molecule has 1 rings (SSSR count). The van der Waals surface area contributed by atoms with Gasteiger partial charge in [-0.1, -0.05) is 0 Å². The van der Waals surface area contributed by atoms with Gasteiger partial charge in [0, 0.05) is 13.1 Å². The molecule has 1 heterocycles. The van der Waals surface area contributed by atoms with E-state index in [4.69, 9.17) is 9.84 Å². The van der Waals surface area contributed by atoms with Crippen molar-refractivity contribution in [1.82, 2.24) is 10.2 Å². The molecule has 0 radical (unpaired) electrons. The Bertz CT molecular complexity index is 425. The van der Waals surface area contributed by atoms with Crippen molar-refractivity contribution in [3.05, 3.63) is 0 Å². The summed E-state index contributed by atoms with van der Waals surface area (Å²) >= 11 is 0. The van der Waals surface area contributed by atoms with Crippen LogP contribution in [-0.4, -0.2) is 59.0 Å². The van der Waals surface area contributed by atoms with Crippen molar-refractivity contribution in [1.29, 1.82) is 0 Å². The van der Waals surface area contributed by atoms with Crippen LogP contribution in [0, 0.1) is 0 Å². The highest BCUT2D eigenvalue weighted by atomic mass is 16.6. The number of carbonyl (C=O) groups is 2. The number of carboxylic acid groups (broad SMARTS) is 1. The predicted molar refractivity (Wildman–Crippen MR) is 69.3 cm³/mol. The summed E-state index contributed by atoms with van der Waals surface area (Å²) in [5, 5.41) is 11.5. The molecule has 1 aliphatic heterocycles. The third-order valence-corrected chi connectivity index (χ3v) is 2.77. The maximum Gasteiger partial charge on any atom is 0.407 e. The lowest BCUT2D eigenvalue weighted by atomic mass is 10.0. The van der Waals surface area contributed by atoms with Gasteiger partial charge in [0.05, 0.1) is 6.04 Å². The second-order valence-electron chi connectivity index (χ2n) is 5.56. The first-order valence-corrected chi connectivity index (χ1v) is 6.27. The van der Waals surface area contributed by atoms with Gasteiger partial charge in [0.2, 0.25) is 6.08 Å². The minimum absolute atomic E-state index is 0.0467. The van der Waals surface area contributed by atoms with Crippen LogP contribution in [0.5, 0.6) is 0 Å². The number of piperidine rings is 1. The first-order valence-electron chi connectivity index (χ1n) is 6.27. The van der Waals surface area contributed by atoms with Crippen molar-refractivity contribution >= 4 is 18.3 Å². The van der Waals surface area contributed by atoms with Crippen LogP contribution in [0.25, 0.3) is 0 Å². The predicted octanol–water partition coefficient (Wildman–Crippen LogP) is 0.968. The van der Waals surface area contributed by atoms with Crippen molar-refractivity contribution in [2.45, 2.75) is 44.9 Å². The lowest BCUT2D eigenvalue weighted by Gasteiger charge is -2.35. The molecule has 2 N–H and O–H groups in total. The Morgan fingerprint density at radius 3 is 2.60 bits per heavy atom. The number of aliphatic imine (C=N–C) groups is 1. The molecular formula is C12H19N3O5. The van der Waals surface area contributed by atoms with Gasteiger partial charge in [-0.15, -0.1) is 0 Å². The summed E-state index contributed by atoms with van der Waals surface area (Å²) in [7, 11) is 0. The number of hydrogen-bond acceptors (Lipinski definition) is 5. The first kappa shape index (κ1) is 16.0.